The van der Waals surface area contributed by atoms with Crippen molar-refractivity contribution in [1.82, 2.24) is 25.6 Å². The highest BCUT2D eigenvalue weighted by molar-refractivity contribution is 7.99. The summed E-state index contributed by atoms with van der Waals surface area (Å²) in [6.45, 7) is 2.83. The summed E-state index contributed by atoms with van der Waals surface area (Å²) in [7, 11) is 0. The van der Waals surface area contributed by atoms with Gasteiger partial charge in [-0.15, -0.1) is 10.2 Å². The molecule has 0 saturated carbocycles. The van der Waals surface area contributed by atoms with Gasteiger partial charge in [0.1, 0.15) is 6.61 Å². The van der Waals surface area contributed by atoms with E-state index in [-0.39, 0.29) is 18.1 Å². The molecule has 0 spiro atoms. The van der Waals surface area contributed by atoms with Crippen molar-refractivity contribution in [2.75, 3.05) is 5.75 Å². The molecule has 2 amide bonds. The van der Waals surface area contributed by atoms with Crippen molar-refractivity contribution in [2.45, 2.75) is 50.9 Å². The molecule has 11 heteroatoms. The number of amides is 2. The van der Waals surface area contributed by atoms with Crippen molar-refractivity contribution >= 4 is 35.2 Å². The Bertz CT molecular complexity index is 1140. The Morgan fingerprint density at radius 2 is 1.91 bits per heavy atom. The van der Waals surface area contributed by atoms with E-state index >= 15 is 0 Å². The van der Waals surface area contributed by atoms with Crippen molar-refractivity contribution in [3.8, 4) is 5.75 Å². The van der Waals surface area contributed by atoms with E-state index < -0.39 is 17.6 Å². The molecule has 0 fully saturated rings. The number of carbonyl (C=O) groups is 2. The molecule has 1 aromatic heterocycles. The highest BCUT2D eigenvalue weighted by Gasteiger charge is 2.16. The van der Waals surface area contributed by atoms with Gasteiger partial charge in [-0.25, -0.2) is 4.39 Å². The normalized spacial score (nSPS) is 10.7. The molecule has 2 aromatic carbocycles. The molecule has 0 aliphatic rings. The van der Waals surface area contributed by atoms with Gasteiger partial charge in [0, 0.05) is 17.1 Å². The largest absolute Gasteiger partial charge is 0.483 e. The van der Waals surface area contributed by atoms with Crippen molar-refractivity contribution in [3.05, 3.63) is 70.8 Å². The van der Waals surface area contributed by atoms with Gasteiger partial charge in [0.25, 0.3) is 5.91 Å². The maximum absolute atomic E-state index is 13.9. The van der Waals surface area contributed by atoms with Crippen molar-refractivity contribution in [1.29, 1.82) is 0 Å². The maximum Gasteiger partial charge on any atom is 0.269 e. The standard InChI is InChI=1S/C24H27ClFN5O3S/c1-2-3-4-7-13-31-21(15-34-20-12-6-5-11-19(20)26)27-30-24(31)35-16-22(32)28-29-23(33)17-9-8-10-18(25)14-17/h5-6,8-12,14H,2-4,7,13,15-16H2,1H3,(H,28,32)(H,29,33). The average Bonchev–Trinajstić information content (AvgIpc) is 3.24. The first-order chi connectivity index (χ1) is 17.0. The Kier molecular flexibility index (Phi) is 10.4. The van der Waals surface area contributed by atoms with E-state index in [1.54, 1.807) is 36.4 Å². The Balaban J connectivity index is 1.57. The summed E-state index contributed by atoms with van der Waals surface area (Å²) < 4.78 is 21.4. The van der Waals surface area contributed by atoms with Crippen LogP contribution < -0.4 is 15.6 Å². The third kappa shape index (κ3) is 8.25. The summed E-state index contributed by atoms with van der Waals surface area (Å²) in [5.41, 5.74) is 5.08. The summed E-state index contributed by atoms with van der Waals surface area (Å²) in [6.07, 6.45) is 4.17. The van der Waals surface area contributed by atoms with Gasteiger partial charge in [0.15, 0.2) is 22.5 Å². The first-order valence-corrected chi connectivity index (χ1v) is 12.6. The fourth-order valence-electron chi connectivity index (χ4n) is 3.15. The number of halogens is 2. The lowest BCUT2D eigenvalue weighted by atomic mass is 10.2. The van der Waals surface area contributed by atoms with Crippen molar-refractivity contribution < 1.29 is 18.7 Å². The van der Waals surface area contributed by atoms with Gasteiger partial charge in [-0.05, 0) is 36.8 Å². The van der Waals surface area contributed by atoms with Crippen LogP contribution in [0.5, 0.6) is 5.75 Å². The molecule has 0 aliphatic heterocycles. The molecule has 0 saturated heterocycles. The van der Waals surface area contributed by atoms with Gasteiger partial charge in [0.2, 0.25) is 5.91 Å². The molecule has 0 bridgehead atoms. The lowest BCUT2D eigenvalue weighted by Crippen LogP contribution is -2.42. The Labute approximate surface area is 212 Å². The number of thioether (sulfide) groups is 1. The molecule has 0 radical (unpaired) electrons. The summed E-state index contributed by atoms with van der Waals surface area (Å²) in [6, 6.07) is 12.6. The van der Waals surface area contributed by atoms with E-state index in [2.05, 4.69) is 28.0 Å². The van der Waals surface area contributed by atoms with Gasteiger partial charge in [-0.1, -0.05) is 67.7 Å². The van der Waals surface area contributed by atoms with Crippen LogP contribution in [0.25, 0.3) is 0 Å². The number of aromatic nitrogens is 3. The van der Waals surface area contributed by atoms with Crippen LogP contribution in [0.15, 0.2) is 53.7 Å². The summed E-state index contributed by atoms with van der Waals surface area (Å²) in [5, 5.41) is 9.35. The van der Waals surface area contributed by atoms with Gasteiger partial charge < -0.3 is 9.30 Å². The topological polar surface area (TPSA) is 98.1 Å². The minimum Gasteiger partial charge on any atom is -0.483 e. The maximum atomic E-state index is 13.9. The second-order valence-corrected chi connectivity index (χ2v) is 9.01. The number of nitrogens with one attached hydrogen (secondary N) is 2. The highest BCUT2D eigenvalue weighted by Crippen LogP contribution is 2.21. The Hall–Kier alpha value is -3.11. The SMILES string of the molecule is CCCCCCn1c(COc2ccccc2F)nnc1SCC(=O)NNC(=O)c1cccc(Cl)c1. The number of hydrogen-bond acceptors (Lipinski definition) is 6. The third-order valence-electron chi connectivity index (χ3n) is 4.96. The summed E-state index contributed by atoms with van der Waals surface area (Å²) in [5.74, 6) is -0.643. The minimum atomic E-state index is -0.475. The van der Waals surface area contributed by atoms with Crippen LogP contribution in [-0.4, -0.2) is 32.3 Å². The number of hydrazine groups is 1. The molecular formula is C24H27ClFN5O3S. The molecule has 2 N–H and O–H groups in total. The van der Waals surface area contributed by atoms with E-state index in [1.807, 2.05) is 4.57 Å². The predicted octanol–water partition coefficient (Wildman–Crippen LogP) is 4.78. The third-order valence-corrected chi connectivity index (χ3v) is 6.16. The number of hydrogen-bond donors (Lipinski definition) is 2. The zero-order valence-corrected chi connectivity index (χ0v) is 20.9. The Morgan fingerprint density at radius 1 is 1.09 bits per heavy atom. The lowest BCUT2D eigenvalue weighted by molar-refractivity contribution is -0.119. The predicted molar refractivity (Wildman–Crippen MR) is 133 cm³/mol. The van der Waals surface area contributed by atoms with E-state index in [0.717, 1.165) is 25.7 Å². The second kappa shape index (κ2) is 13.7. The monoisotopic (exact) mass is 519 g/mol. The molecular weight excluding hydrogens is 493 g/mol. The molecule has 186 valence electrons. The van der Waals surface area contributed by atoms with Crippen LogP contribution in [0.1, 0.15) is 48.8 Å². The number of unbranched alkanes of at least 4 members (excludes halogenated alkanes) is 3. The second-order valence-electron chi connectivity index (χ2n) is 7.63. The van der Waals surface area contributed by atoms with E-state index in [4.69, 9.17) is 16.3 Å². The van der Waals surface area contributed by atoms with Gasteiger partial charge >= 0.3 is 0 Å². The average molecular weight is 520 g/mol. The van der Waals surface area contributed by atoms with Crippen LogP contribution in [0.4, 0.5) is 4.39 Å². The van der Waals surface area contributed by atoms with Crippen LogP contribution >= 0.6 is 23.4 Å². The number of rotatable bonds is 12. The molecule has 0 unspecified atom stereocenters. The first kappa shape index (κ1) is 26.5. The number of carbonyl (C=O) groups excluding carboxylic acids is 2. The first-order valence-electron chi connectivity index (χ1n) is 11.2. The van der Waals surface area contributed by atoms with Crippen LogP contribution in [0.2, 0.25) is 5.02 Å². The molecule has 0 atom stereocenters. The lowest BCUT2D eigenvalue weighted by Gasteiger charge is -2.11. The fraction of sp³-hybridized carbons (Fsp3) is 0.333. The zero-order chi connectivity index (χ0) is 25.0. The molecule has 0 aliphatic carbocycles. The van der Waals surface area contributed by atoms with Crippen LogP contribution in [0, 0.1) is 5.82 Å². The van der Waals surface area contributed by atoms with Crippen LogP contribution in [-0.2, 0) is 17.9 Å². The van der Waals surface area contributed by atoms with Gasteiger partial charge in [0.05, 0.1) is 5.75 Å². The van der Waals surface area contributed by atoms with Crippen molar-refractivity contribution in [2.24, 2.45) is 0 Å². The molecule has 35 heavy (non-hydrogen) atoms. The van der Waals surface area contributed by atoms with Crippen molar-refractivity contribution in [3.63, 3.8) is 0 Å². The van der Waals surface area contributed by atoms with E-state index in [9.17, 15) is 14.0 Å². The molecule has 8 nitrogen and oxygen atoms in total. The summed E-state index contributed by atoms with van der Waals surface area (Å²) >= 11 is 7.08. The van der Waals surface area contributed by atoms with Gasteiger partial charge in [-0.3, -0.25) is 20.4 Å². The number of para-hydroxylation sites is 1. The van der Waals surface area contributed by atoms with Crippen LogP contribution in [0.3, 0.4) is 0 Å². The summed E-state index contributed by atoms with van der Waals surface area (Å²) in [4.78, 5) is 24.4. The highest BCUT2D eigenvalue weighted by atomic mass is 35.5. The molecule has 3 aromatic rings. The minimum absolute atomic E-state index is 0.0110. The van der Waals surface area contributed by atoms with Gasteiger partial charge in [-0.2, -0.15) is 0 Å². The Morgan fingerprint density at radius 3 is 2.69 bits per heavy atom. The van der Waals surface area contributed by atoms with E-state index in [1.165, 1.54) is 23.9 Å². The number of benzene rings is 2. The smallest absolute Gasteiger partial charge is 0.269 e. The molecule has 3 rings (SSSR count). The fourth-order valence-corrected chi connectivity index (χ4v) is 4.13. The number of nitrogens with zero attached hydrogens (tertiary/aromatic N) is 3. The van der Waals surface area contributed by atoms with E-state index in [0.29, 0.717) is 28.1 Å². The quantitative estimate of drug-likeness (QED) is 0.203. The molecule has 1 heterocycles. The number of ether oxygens (including phenoxy) is 1. The zero-order valence-electron chi connectivity index (χ0n) is 19.3.